The van der Waals surface area contributed by atoms with Crippen LogP contribution in [0.25, 0.3) is 0 Å². The number of hydrogen-bond donors (Lipinski definition) is 1. The molecule has 1 amide bonds. The van der Waals surface area contributed by atoms with Crippen molar-refractivity contribution in [3.63, 3.8) is 0 Å². The minimum absolute atomic E-state index is 0.0711. The standard InChI is InChI=1S/C15H29N3O/c1-3-8-13-15(19)18(14(4-2)16-13)12-7-11-17-9-5-6-10-17/h13-14,16H,3-12H2,1-2H3. The van der Waals surface area contributed by atoms with E-state index in [1.165, 1.54) is 25.9 Å². The van der Waals surface area contributed by atoms with Gasteiger partial charge in [-0.15, -0.1) is 0 Å². The summed E-state index contributed by atoms with van der Waals surface area (Å²) >= 11 is 0. The Morgan fingerprint density at radius 1 is 1.21 bits per heavy atom. The first-order valence-corrected chi connectivity index (χ1v) is 8.05. The molecule has 0 aromatic rings. The Kier molecular flexibility index (Phi) is 5.64. The Balaban J connectivity index is 1.78. The first kappa shape index (κ1) is 14.8. The molecule has 0 radical (unpaired) electrons. The average Bonchev–Trinajstić information content (AvgIpc) is 3.01. The average molecular weight is 267 g/mol. The molecule has 0 aromatic carbocycles. The molecular formula is C15H29N3O. The van der Waals surface area contributed by atoms with Gasteiger partial charge in [-0.1, -0.05) is 20.3 Å². The molecule has 0 aromatic heterocycles. The van der Waals surface area contributed by atoms with Gasteiger partial charge in [0.15, 0.2) is 0 Å². The second-order valence-corrected chi connectivity index (χ2v) is 5.87. The molecule has 0 bridgehead atoms. The monoisotopic (exact) mass is 267 g/mol. The third-order valence-electron chi connectivity index (χ3n) is 4.39. The Labute approximate surface area is 117 Å². The summed E-state index contributed by atoms with van der Waals surface area (Å²) in [6.45, 7) is 8.88. The predicted molar refractivity (Wildman–Crippen MR) is 77.9 cm³/mol. The van der Waals surface area contributed by atoms with E-state index >= 15 is 0 Å². The SMILES string of the molecule is CCCC1NC(CC)N(CCCN2CCCC2)C1=O. The summed E-state index contributed by atoms with van der Waals surface area (Å²) in [7, 11) is 0. The van der Waals surface area contributed by atoms with E-state index in [0.29, 0.717) is 5.91 Å². The molecule has 0 aliphatic carbocycles. The summed E-state index contributed by atoms with van der Waals surface area (Å²) in [6.07, 6.45) is 7.13. The van der Waals surface area contributed by atoms with Gasteiger partial charge >= 0.3 is 0 Å². The molecule has 2 heterocycles. The lowest BCUT2D eigenvalue weighted by Crippen LogP contribution is -2.38. The van der Waals surface area contributed by atoms with Crippen molar-refractivity contribution in [1.29, 1.82) is 0 Å². The van der Waals surface area contributed by atoms with Crippen LogP contribution in [-0.4, -0.2) is 54.1 Å². The number of hydrogen-bond acceptors (Lipinski definition) is 3. The Morgan fingerprint density at radius 2 is 1.95 bits per heavy atom. The zero-order chi connectivity index (χ0) is 13.7. The third kappa shape index (κ3) is 3.69. The molecule has 19 heavy (non-hydrogen) atoms. The number of rotatable bonds is 7. The summed E-state index contributed by atoms with van der Waals surface area (Å²) in [5, 5.41) is 3.48. The van der Waals surface area contributed by atoms with Crippen LogP contribution in [0.4, 0.5) is 0 Å². The van der Waals surface area contributed by atoms with Gasteiger partial charge in [-0.2, -0.15) is 0 Å². The number of carbonyl (C=O) groups excluding carboxylic acids is 1. The van der Waals surface area contributed by atoms with Crippen molar-refractivity contribution in [3.05, 3.63) is 0 Å². The van der Waals surface area contributed by atoms with Crippen LogP contribution in [0.3, 0.4) is 0 Å². The van der Waals surface area contributed by atoms with Crippen molar-refractivity contribution in [2.45, 2.75) is 64.6 Å². The van der Waals surface area contributed by atoms with E-state index in [2.05, 4.69) is 29.0 Å². The lowest BCUT2D eigenvalue weighted by Gasteiger charge is -2.24. The van der Waals surface area contributed by atoms with Gasteiger partial charge in [0.05, 0.1) is 12.2 Å². The van der Waals surface area contributed by atoms with Crippen LogP contribution in [0, 0.1) is 0 Å². The largest absolute Gasteiger partial charge is 0.326 e. The molecule has 4 nitrogen and oxygen atoms in total. The van der Waals surface area contributed by atoms with Crippen molar-refractivity contribution in [3.8, 4) is 0 Å². The Bertz CT molecular complexity index is 289. The van der Waals surface area contributed by atoms with E-state index in [1.54, 1.807) is 0 Å². The van der Waals surface area contributed by atoms with Crippen molar-refractivity contribution in [2.24, 2.45) is 0 Å². The molecule has 2 aliphatic rings. The first-order valence-electron chi connectivity index (χ1n) is 8.05. The third-order valence-corrected chi connectivity index (χ3v) is 4.39. The maximum Gasteiger partial charge on any atom is 0.241 e. The number of amides is 1. The topological polar surface area (TPSA) is 35.6 Å². The van der Waals surface area contributed by atoms with E-state index in [1.807, 2.05) is 0 Å². The highest BCUT2D eigenvalue weighted by Gasteiger charge is 2.36. The highest BCUT2D eigenvalue weighted by molar-refractivity contribution is 5.84. The molecule has 2 fully saturated rings. The van der Waals surface area contributed by atoms with Crippen molar-refractivity contribution >= 4 is 5.91 Å². The predicted octanol–water partition coefficient (Wildman–Crippen LogP) is 1.81. The number of likely N-dealkylation sites (tertiary alicyclic amines) is 1. The summed E-state index contributed by atoms with van der Waals surface area (Å²) in [5.74, 6) is 0.329. The summed E-state index contributed by atoms with van der Waals surface area (Å²) in [4.78, 5) is 16.9. The Hall–Kier alpha value is -0.610. The highest BCUT2D eigenvalue weighted by Crippen LogP contribution is 2.17. The van der Waals surface area contributed by atoms with Gasteiger partial charge in [-0.3, -0.25) is 10.1 Å². The second kappa shape index (κ2) is 7.25. The van der Waals surface area contributed by atoms with Crippen LogP contribution in [-0.2, 0) is 4.79 Å². The Morgan fingerprint density at radius 3 is 2.58 bits per heavy atom. The van der Waals surface area contributed by atoms with Gasteiger partial charge in [0, 0.05) is 6.54 Å². The molecule has 2 rings (SSSR count). The molecule has 110 valence electrons. The second-order valence-electron chi connectivity index (χ2n) is 5.87. The molecule has 2 aliphatic heterocycles. The first-order chi connectivity index (χ1) is 9.26. The van der Waals surface area contributed by atoms with Crippen molar-refractivity contribution < 1.29 is 4.79 Å². The number of nitrogens with one attached hydrogen (secondary N) is 1. The van der Waals surface area contributed by atoms with Crippen LogP contribution in [0.5, 0.6) is 0 Å². The van der Waals surface area contributed by atoms with Gasteiger partial charge in [-0.05, 0) is 51.7 Å². The fourth-order valence-corrected chi connectivity index (χ4v) is 3.32. The highest BCUT2D eigenvalue weighted by atomic mass is 16.2. The van der Waals surface area contributed by atoms with E-state index < -0.39 is 0 Å². The molecule has 1 N–H and O–H groups in total. The summed E-state index contributed by atoms with van der Waals surface area (Å²) in [6, 6.07) is 0.0711. The molecule has 2 unspecified atom stereocenters. The van der Waals surface area contributed by atoms with Crippen LogP contribution < -0.4 is 5.32 Å². The smallest absolute Gasteiger partial charge is 0.241 e. The van der Waals surface area contributed by atoms with Gasteiger partial charge in [0.1, 0.15) is 0 Å². The van der Waals surface area contributed by atoms with Gasteiger partial charge in [0.25, 0.3) is 0 Å². The maximum atomic E-state index is 12.3. The molecule has 4 heteroatoms. The fourth-order valence-electron chi connectivity index (χ4n) is 3.32. The minimum atomic E-state index is 0.0711. The molecule has 0 saturated carbocycles. The van der Waals surface area contributed by atoms with Crippen molar-refractivity contribution in [1.82, 2.24) is 15.1 Å². The summed E-state index contributed by atoms with van der Waals surface area (Å²) in [5.41, 5.74) is 0. The molecular weight excluding hydrogens is 238 g/mol. The zero-order valence-electron chi connectivity index (χ0n) is 12.5. The normalized spacial score (nSPS) is 28.5. The van der Waals surface area contributed by atoms with Gasteiger partial charge in [0.2, 0.25) is 5.91 Å². The van der Waals surface area contributed by atoms with E-state index in [0.717, 1.165) is 38.8 Å². The van der Waals surface area contributed by atoms with Gasteiger partial charge < -0.3 is 9.80 Å². The lowest BCUT2D eigenvalue weighted by molar-refractivity contribution is -0.130. The molecule has 2 atom stereocenters. The summed E-state index contributed by atoms with van der Waals surface area (Å²) < 4.78 is 0. The van der Waals surface area contributed by atoms with E-state index in [-0.39, 0.29) is 12.2 Å². The molecule has 0 spiro atoms. The fraction of sp³-hybridized carbons (Fsp3) is 0.933. The van der Waals surface area contributed by atoms with Crippen LogP contribution in [0.2, 0.25) is 0 Å². The van der Waals surface area contributed by atoms with Crippen LogP contribution >= 0.6 is 0 Å². The van der Waals surface area contributed by atoms with E-state index in [4.69, 9.17) is 0 Å². The number of carbonyl (C=O) groups is 1. The zero-order valence-corrected chi connectivity index (χ0v) is 12.5. The van der Waals surface area contributed by atoms with Crippen molar-refractivity contribution in [2.75, 3.05) is 26.2 Å². The van der Waals surface area contributed by atoms with Gasteiger partial charge in [-0.25, -0.2) is 0 Å². The van der Waals surface area contributed by atoms with E-state index in [9.17, 15) is 4.79 Å². The quantitative estimate of drug-likeness (QED) is 0.764. The van der Waals surface area contributed by atoms with Crippen LogP contribution in [0.1, 0.15) is 52.4 Å². The molecule has 2 saturated heterocycles. The number of nitrogens with zero attached hydrogens (tertiary/aromatic N) is 2. The maximum absolute atomic E-state index is 12.3. The minimum Gasteiger partial charge on any atom is -0.326 e. The lowest BCUT2D eigenvalue weighted by atomic mass is 10.1. The van der Waals surface area contributed by atoms with Crippen LogP contribution in [0.15, 0.2) is 0 Å².